The van der Waals surface area contributed by atoms with Crippen molar-refractivity contribution in [2.24, 2.45) is 0 Å². The van der Waals surface area contributed by atoms with Gasteiger partial charge in [0.05, 0.1) is 11.8 Å². The van der Waals surface area contributed by atoms with E-state index in [2.05, 4.69) is 10.2 Å². The van der Waals surface area contributed by atoms with Gasteiger partial charge in [0.1, 0.15) is 5.69 Å². The molecule has 0 saturated heterocycles. The molecule has 0 radical (unpaired) electrons. The van der Waals surface area contributed by atoms with Crippen LogP contribution in [0.3, 0.4) is 0 Å². The van der Waals surface area contributed by atoms with Gasteiger partial charge in [-0.25, -0.2) is 0 Å². The predicted octanol–water partition coefficient (Wildman–Crippen LogP) is 2.80. The van der Waals surface area contributed by atoms with E-state index in [1.54, 1.807) is 0 Å². The quantitative estimate of drug-likeness (QED) is 0.788. The van der Waals surface area contributed by atoms with E-state index in [1.807, 2.05) is 0 Å². The molecule has 0 fully saturated rings. The summed E-state index contributed by atoms with van der Waals surface area (Å²) in [6.07, 6.45) is -3.26. The summed E-state index contributed by atoms with van der Waals surface area (Å²) in [5.74, 6) is -0.181. The molecule has 1 heterocycles. The number of nitrogens with zero attached hydrogens (tertiary/aromatic N) is 1. The zero-order chi connectivity index (χ0) is 11.8. The van der Waals surface area contributed by atoms with Gasteiger partial charge in [0.25, 0.3) is 0 Å². The first-order chi connectivity index (χ1) is 7.48. The lowest BCUT2D eigenvalue weighted by Gasteiger charge is -2.07. The smallest absolute Gasteiger partial charge is 0.416 e. The minimum absolute atomic E-state index is 0.172. The van der Waals surface area contributed by atoms with Crippen LogP contribution in [0.4, 0.5) is 13.2 Å². The summed E-state index contributed by atoms with van der Waals surface area (Å²) in [7, 11) is 0. The molecule has 3 nitrogen and oxygen atoms in total. The van der Waals surface area contributed by atoms with E-state index in [4.69, 9.17) is 0 Å². The fourth-order valence-electron chi connectivity index (χ4n) is 1.34. The van der Waals surface area contributed by atoms with Crippen LogP contribution in [0.25, 0.3) is 11.3 Å². The van der Waals surface area contributed by atoms with Crippen molar-refractivity contribution in [1.29, 1.82) is 0 Å². The second-order valence-electron chi connectivity index (χ2n) is 3.21. The molecule has 2 N–H and O–H groups in total. The number of H-pyrrole nitrogens is 1. The van der Waals surface area contributed by atoms with Gasteiger partial charge in [-0.3, -0.25) is 5.10 Å². The van der Waals surface area contributed by atoms with E-state index in [9.17, 15) is 18.3 Å². The zero-order valence-electron chi connectivity index (χ0n) is 7.92. The summed E-state index contributed by atoms with van der Waals surface area (Å²) in [4.78, 5) is 0. The molecule has 16 heavy (non-hydrogen) atoms. The molecule has 0 saturated carbocycles. The number of hydrogen-bond donors (Lipinski definition) is 2. The number of aromatic hydroxyl groups is 1. The van der Waals surface area contributed by atoms with Crippen molar-refractivity contribution in [2.75, 3.05) is 0 Å². The molecular formula is C10H7F3N2O. The highest BCUT2D eigenvalue weighted by atomic mass is 19.4. The van der Waals surface area contributed by atoms with Crippen LogP contribution in [0.2, 0.25) is 0 Å². The molecule has 2 aromatic rings. The maximum atomic E-state index is 12.4. The Bertz CT molecular complexity index is 505. The van der Waals surface area contributed by atoms with Crippen LogP contribution in [-0.4, -0.2) is 15.3 Å². The number of halogens is 3. The molecule has 0 spiro atoms. The van der Waals surface area contributed by atoms with Crippen LogP contribution < -0.4 is 0 Å². The molecule has 0 aliphatic carbocycles. The van der Waals surface area contributed by atoms with Gasteiger partial charge in [0.15, 0.2) is 5.75 Å². The van der Waals surface area contributed by atoms with Gasteiger partial charge in [-0.15, -0.1) is 0 Å². The highest BCUT2D eigenvalue weighted by Crippen LogP contribution is 2.33. The van der Waals surface area contributed by atoms with Gasteiger partial charge in [-0.05, 0) is 12.1 Å². The monoisotopic (exact) mass is 228 g/mol. The van der Waals surface area contributed by atoms with Gasteiger partial charge in [0, 0.05) is 5.56 Å². The standard InChI is InChI=1S/C10H7F3N2O/c11-10(12,13)7-3-1-2-6(4-7)9-8(16)5-14-15-9/h1-5,16H,(H,14,15). The van der Waals surface area contributed by atoms with Crippen LogP contribution in [-0.2, 0) is 6.18 Å². The molecule has 0 amide bonds. The van der Waals surface area contributed by atoms with E-state index in [0.29, 0.717) is 0 Å². The number of benzene rings is 1. The lowest BCUT2D eigenvalue weighted by atomic mass is 10.1. The van der Waals surface area contributed by atoms with Crippen LogP contribution in [0.15, 0.2) is 30.5 Å². The molecule has 84 valence electrons. The van der Waals surface area contributed by atoms with E-state index in [0.717, 1.165) is 18.3 Å². The van der Waals surface area contributed by atoms with E-state index in [1.165, 1.54) is 12.1 Å². The van der Waals surface area contributed by atoms with Crippen LogP contribution in [0.1, 0.15) is 5.56 Å². The third-order valence-corrected chi connectivity index (χ3v) is 2.10. The first-order valence-corrected chi connectivity index (χ1v) is 4.38. The molecule has 1 aromatic carbocycles. The first-order valence-electron chi connectivity index (χ1n) is 4.38. The van der Waals surface area contributed by atoms with Crippen molar-refractivity contribution < 1.29 is 18.3 Å². The van der Waals surface area contributed by atoms with Gasteiger partial charge >= 0.3 is 6.18 Å². The number of rotatable bonds is 1. The average Bonchev–Trinajstić information content (AvgIpc) is 2.63. The molecule has 0 unspecified atom stereocenters. The fourth-order valence-corrected chi connectivity index (χ4v) is 1.34. The van der Waals surface area contributed by atoms with Crippen molar-refractivity contribution in [3.63, 3.8) is 0 Å². The normalized spacial score (nSPS) is 11.7. The Labute approximate surface area is 88.5 Å². The number of hydrogen-bond acceptors (Lipinski definition) is 2. The van der Waals surface area contributed by atoms with Crippen LogP contribution in [0, 0.1) is 0 Å². The van der Waals surface area contributed by atoms with Crippen molar-refractivity contribution in [3.8, 4) is 17.0 Å². The van der Waals surface area contributed by atoms with E-state index >= 15 is 0 Å². The second-order valence-corrected chi connectivity index (χ2v) is 3.21. The van der Waals surface area contributed by atoms with Gasteiger partial charge in [-0.1, -0.05) is 12.1 Å². The molecular weight excluding hydrogens is 221 g/mol. The summed E-state index contributed by atoms with van der Waals surface area (Å²) >= 11 is 0. The molecule has 0 aliphatic rings. The van der Waals surface area contributed by atoms with Gasteiger partial charge in [0.2, 0.25) is 0 Å². The Morgan fingerprint density at radius 1 is 1.25 bits per heavy atom. The van der Waals surface area contributed by atoms with Crippen molar-refractivity contribution in [3.05, 3.63) is 36.0 Å². The lowest BCUT2D eigenvalue weighted by molar-refractivity contribution is -0.137. The van der Waals surface area contributed by atoms with Crippen LogP contribution in [0.5, 0.6) is 5.75 Å². The first kappa shape index (κ1) is 10.5. The number of aromatic amines is 1. The van der Waals surface area contributed by atoms with Gasteiger partial charge < -0.3 is 5.11 Å². The summed E-state index contributed by atoms with van der Waals surface area (Å²) in [6.45, 7) is 0. The lowest BCUT2D eigenvalue weighted by Crippen LogP contribution is -2.04. The van der Waals surface area contributed by atoms with E-state index < -0.39 is 11.7 Å². The molecule has 2 rings (SSSR count). The number of aromatic nitrogens is 2. The Hall–Kier alpha value is -1.98. The average molecular weight is 228 g/mol. The Kier molecular flexibility index (Phi) is 2.34. The van der Waals surface area contributed by atoms with Gasteiger partial charge in [-0.2, -0.15) is 18.3 Å². The summed E-state index contributed by atoms with van der Waals surface area (Å²) < 4.78 is 37.3. The largest absolute Gasteiger partial charge is 0.504 e. The molecule has 6 heteroatoms. The maximum Gasteiger partial charge on any atom is 0.416 e. The summed E-state index contributed by atoms with van der Waals surface area (Å²) in [6, 6.07) is 4.66. The molecule has 1 aromatic heterocycles. The topological polar surface area (TPSA) is 48.9 Å². The Morgan fingerprint density at radius 3 is 2.56 bits per heavy atom. The Morgan fingerprint density at radius 2 is 2.00 bits per heavy atom. The third-order valence-electron chi connectivity index (χ3n) is 2.10. The summed E-state index contributed by atoms with van der Waals surface area (Å²) in [5.41, 5.74) is -0.352. The zero-order valence-corrected chi connectivity index (χ0v) is 7.92. The van der Waals surface area contributed by atoms with Crippen molar-refractivity contribution in [1.82, 2.24) is 10.2 Å². The number of alkyl halides is 3. The van der Waals surface area contributed by atoms with E-state index in [-0.39, 0.29) is 17.0 Å². The molecule has 0 atom stereocenters. The van der Waals surface area contributed by atoms with Crippen molar-refractivity contribution >= 4 is 0 Å². The maximum absolute atomic E-state index is 12.4. The highest BCUT2D eigenvalue weighted by Gasteiger charge is 2.30. The fraction of sp³-hybridized carbons (Fsp3) is 0.100. The predicted molar refractivity (Wildman–Crippen MR) is 50.7 cm³/mol. The SMILES string of the molecule is Oc1cn[nH]c1-c1cccc(C(F)(F)F)c1. The number of nitrogens with one attached hydrogen (secondary N) is 1. The highest BCUT2D eigenvalue weighted by molar-refractivity contribution is 5.65. The summed E-state index contributed by atoms with van der Waals surface area (Å²) in [5, 5.41) is 15.3. The molecule has 0 aliphatic heterocycles. The third kappa shape index (κ3) is 1.86. The van der Waals surface area contributed by atoms with Crippen molar-refractivity contribution in [2.45, 2.75) is 6.18 Å². The minimum atomic E-state index is -4.40. The molecule has 0 bridgehead atoms. The minimum Gasteiger partial charge on any atom is -0.504 e. The second kappa shape index (κ2) is 3.55. The van der Waals surface area contributed by atoms with Crippen LogP contribution >= 0.6 is 0 Å². The Balaban J connectivity index is 2.49.